The number of hydrogen-bond donors (Lipinski definition) is 0. The summed E-state index contributed by atoms with van der Waals surface area (Å²) >= 11 is 0. The van der Waals surface area contributed by atoms with E-state index in [0.29, 0.717) is 11.4 Å². The van der Waals surface area contributed by atoms with E-state index in [1.807, 2.05) is 60.7 Å². The number of aromatic nitrogens is 3. The van der Waals surface area contributed by atoms with Crippen molar-refractivity contribution in [3.63, 3.8) is 0 Å². The maximum absolute atomic E-state index is 9.61. The zero-order chi connectivity index (χ0) is 38.1. The number of rotatable bonds is 7. The standard InChI is InChI=1S/C53H34N4/c54-35-36-23-25-38(26-24-36)44-30-45(50-34-49(39-15-6-2-7-16-39)55-53(56-50)40-17-8-3-9-18-40)32-46(31-44)57-51-22-11-10-21-47(51)48-28-27-43(33-52(48)57)42-20-12-19-41(29-42)37-13-4-1-5-14-37/h1-34H. The highest BCUT2D eigenvalue weighted by molar-refractivity contribution is 6.10. The van der Waals surface area contributed by atoms with Crippen molar-refractivity contribution in [3.8, 4) is 79.0 Å². The summed E-state index contributed by atoms with van der Waals surface area (Å²) in [5.74, 6) is 0.663. The van der Waals surface area contributed by atoms with Crippen LogP contribution in [-0.2, 0) is 0 Å². The summed E-state index contributed by atoms with van der Waals surface area (Å²) in [7, 11) is 0. The fourth-order valence-electron chi connectivity index (χ4n) is 7.80. The molecule has 57 heavy (non-hydrogen) atoms. The quantitative estimate of drug-likeness (QED) is 0.164. The minimum atomic E-state index is 0.622. The molecule has 10 aromatic rings. The van der Waals surface area contributed by atoms with Crippen LogP contribution in [0.4, 0.5) is 0 Å². The normalized spacial score (nSPS) is 11.1. The van der Waals surface area contributed by atoms with Crippen molar-refractivity contribution in [1.82, 2.24) is 14.5 Å². The first-order valence-corrected chi connectivity index (χ1v) is 19.0. The Labute approximate surface area is 331 Å². The second-order valence-corrected chi connectivity index (χ2v) is 14.2. The molecule has 0 bridgehead atoms. The van der Waals surface area contributed by atoms with Gasteiger partial charge in [0, 0.05) is 33.2 Å². The number of para-hydroxylation sites is 1. The van der Waals surface area contributed by atoms with Crippen molar-refractivity contribution in [2.24, 2.45) is 0 Å². The predicted octanol–water partition coefficient (Wildman–Crippen LogP) is 13.4. The number of benzene rings is 8. The van der Waals surface area contributed by atoms with Crippen molar-refractivity contribution in [2.45, 2.75) is 0 Å². The van der Waals surface area contributed by atoms with Gasteiger partial charge in [-0.2, -0.15) is 5.26 Å². The third kappa shape index (κ3) is 6.44. The zero-order valence-corrected chi connectivity index (χ0v) is 30.9. The Morgan fingerprint density at radius 3 is 1.58 bits per heavy atom. The van der Waals surface area contributed by atoms with Gasteiger partial charge in [-0.05, 0) is 88.0 Å². The highest BCUT2D eigenvalue weighted by Gasteiger charge is 2.18. The van der Waals surface area contributed by atoms with Crippen LogP contribution in [0, 0.1) is 11.3 Å². The smallest absolute Gasteiger partial charge is 0.160 e. The first-order valence-electron chi connectivity index (χ1n) is 19.0. The van der Waals surface area contributed by atoms with Gasteiger partial charge in [-0.3, -0.25) is 0 Å². The molecule has 2 aromatic heterocycles. The molecule has 0 spiro atoms. The minimum absolute atomic E-state index is 0.622. The molecule has 0 saturated carbocycles. The summed E-state index contributed by atoms with van der Waals surface area (Å²) in [5, 5.41) is 12.0. The van der Waals surface area contributed by atoms with Gasteiger partial charge in [-0.15, -0.1) is 0 Å². The summed E-state index contributed by atoms with van der Waals surface area (Å²) in [6.07, 6.45) is 0. The third-order valence-electron chi connectivity index (χ3n) is 10.6. The molecular weight excluding hydrogens is 693 g/mol. The van der Waals surface area contributed by atoms with E-state index in [1.54, 1.807) is 0 Å². The number of nitrogens with zero attached hydrogens (tertiary/aromatic N) is 4. The van der Waals surface area contributed by atoms with Crippen molar-refractivity contribution in [2.75, 3.05) is 0 Å². The van der Waals surface area contributed by atoms with Gasteiger partial charge in [0.25, 0.3) is 0 Å². The molecule has 0 radical (unpaired) electrons. The lowest BCUT2D eigenvalue weighted by Gasteiger charge is -2.15. The van der Waals surface area contributed by atoms with E-state index in [1.165, 1.54) is 21.9 Å². The fraction of sp³-hybridized carbons (Fsp3) is 0. The van der Waals surface area contributed by atoms with Gasteiger partial charge in [0.15, 0.2) is 5.82 Å². The minimum Gasteiger partial charge on any atom is -0.309 e. The van der Waals surface area contributed by atoms with E-state index in [0.717, 1.165) is 67.1 Å². The van der Waals surface area contributed by atoms with Crippen molar-refractivity contribution >= 4 is 21.8 Å². The number of fused-ring (bicyclic) bond motifs is 3. The maximum Gasteiger partial charge on any atom is 0.160 e. The van der Waals surface area contributed by atoms with Gasteiger partial charge in [-0.1, -0.05) is 152 Å². The molecule has 0 N–H and O–H groups in total. The maximum atomic E-state index is 9.61. The average molecular weight is 727 g/mol. The summed E-state index contributed by atoms with van der Waals surface area (Å²) in [5.41, 5.74) is 15.2. The lowest BCUT2D eigenvalue weighted by atomic mass is 9.98. The molecule has 0 aliphatic heterocycles. The largest absolute Gasteiger partial charge is 0.309 e. The van der Waals surface area contributed by atoms with Crippen LogP contribution >= 0.6 is 0 Å². The van der Waals surface area contributed by atoms with Crippen molar-refractivity contribution in [1.29, 1.82) is 5.26 Å². The number of nitriles is 1. The van der Waals surface area contributed by atoms with E-state index in [-0.39, 0.29) is 0 Å². The van der Waals surface area contributed by atoms with Crippen LogP contribution in [0.3, 0.4) is 0 Å². The second kappa shape index (κ2) is 14.4. The molecular formula is C53H34N4. The molecule has 0 fully saturated rings. The molecule has 0 saturated heterocycles. The topological polar surface area (TPSA) is 54.5 Å². The summed E-state index contributed by atoms with van der Waals surface area (Å²) in [6, 6.07) is 74.0. The summed E-state index contributed by atoms with van der Waals surface area (Å²) in [6.45, 7) is 0. The predicted molar refractivity (Wildman–Crippen MR) is 234 cm³/mol. The van der Waals surface area contributed by atoms with Crippen LogP contribution in [0.1, 0.15) is 5.56 Å². The lowest BCUT2D eigenvalue weighted by molar-refractivity contribution is 1.16. The van der Waals surface area contributed by atoms with E-state index in [2.05, 4.69) is 156 Å². The first-order chi connectivity index (χ1) is 28.2. The van der Waals surface area contributed by atoms with Crippen LogP contribution in [0.5, 0.6) is 0 Å². The molecule has 0 unspecified atom stereocenters. The van der Waals surface area contributed by atoms with E-state index in [9.17, 15) is 5.26 Å². The Bertz CT molecular complexity index is 3050. The van der Waals surface area contributed by atoms with Gasteiger partial charge < -0.3 is 4.57 Å². The SMILES string of the molecule is N#Cc1ccc(-c2cc(-c3cc(-c4ccccc4)nc(-c4ccccc4)n3)cc(-n3c4ccccc4c4ccc(-c5cccc(-c6ccccc6)c5)cc43)c2)cc1. The van der Waals surface area contributed by atoms with Crippen molar-refractivity contribution in [3.05, 3.63) is 212 Å². The summed E-state index contributed by atoms with van der Waals surface area (Å²) in [4.78, 5) is 10.3. The molecule has 2 heterocycles. The average Bonchev–Trinajstić information content (AvgIpc) is 3.63. The molecule has 10 rings (SSSR count). The van der Waals surface area contributed by atoms with Crippen LogP contribution in [0.2, 0.25) is 0 Å². The monoisotopic (exact) mass is 726 g/mol. The van der Waals surface area contributed by atoms with Crippen LogP contribution in [-0.4, -0.2) is 14.5 Å². The lowest BCUT2D eigenvalue weighted by Crippen LogP contribution is -1.99. The summed E-state index contributed by atoms with van der Waals surface area (Å²) < 4.78 is 2.38. The Balaban J connectivity index is 1.21. The van der Waals surface area contributed by atoms with Crippen LogP contribution in [0.25, 0.3) is 94.8 Å². The molecule has 0 aliphatic rings. The molecule has 0 atom stereocenters. The Morgan fingerprint density at radius 2 is 0.860 bits per heavy atom. The van der Waals surface area contributed by atoms with Crippen molar-refractivity contribution < 1.29 is 0 Å². The number of hydrogen-bond acceptors (Lipinski definition) is 3. The van der Waals surface area contributed by atoms with Gasteiger partial charge in [0.1, 0.15) is 0 Å². The van der Waals surface area contributed by atoms with E-state index < -0.39 is 0 Å². The zero-order valence-electron chi connectivity index (χ0n) is 30.9. The van der Waals surface area contributed by atoms with E-state index in [4.69, 9.17) is 9.97 Å². The fourth-order valence-corrected chi connectivity index (χ4v) is 7.80. The van der Waals surface area contributed by atoms with Crippen LogP contribution in [0.15, 0.2) is 206 Å². The molecule has 0 aliphatic carbocycles. The van der Waals surface area contributed by atoms with E-state index >= 15 is 0 Å². The molecule has 8 aromatic carbocycles. The molecule has 4 heteroatoms. The Hall–Kier alpha value is -7.87. The highest BCUT2D eigenvalue weighted by Crippen LogP contribution is 2.39. The van der Waals surface area contributed by atoms with Crippen LogP contribution < -0.4 is 0 Å². The van der Waals surface area contributed by atoms with Gasteiger partial charge >= 0.3 is 0 Å². The molecule has 4 nitrogen and oxygen atoms in total. The van der Waals surface area contributed by atoms with Gasteiger partial charge in [-0.25, -0.2) is 9.97 Å². The van der Waals surface area contributed by atoms with Gasteiger partial charge in [0.2, 0.25) is 0 Å². The molecule has 0 amide bonds. The second-order valence-electron chi connectivity index (χ2n) is 14.2. The third-order valence-corrected chi connectivity index (χ3v) is 10.6. The highest BCUT2D eigenvalue weighted by atomic mass is 15.0. The van der Waals surface area contributed by atoms with Gasteiger partial charge in [0.05, 0.1) is 34.1 Å². The Morgan fingerprint density at radius 1 is 0.351 bits per heavy atom. The first kappa shape index (κ1) is 33.7. The Kier molecular flexibility index (Phi) is 8.52. The molecule has 266 valence electrons.